The highest BCUT2D eigenvalue weighted by atomic mass is 19.3. The van der Waals surface area contributed by atoms with Crippen LogP contribution in [0.3, 0.4) is 0 Å². The Bertz CT molecular complexity index is 1000. The maximum Gasteiger partial charge on any atom is 0.413 e. The highest BCUT2D eigenvalue weighted by Gasteiger charge is 2.40. The van der Waals surface area contributed by atoms with E-state index in [2.05, 4.69) is 12.1 Å². The highest BCUT2D eigenvalue weighted by molar-refractivity contribution is 5.84. The van der Waals surface area contributed by atoms with E-state index in [1.807, 2.05) is 41.3 Å². The summed E-state index contributed by atoms with van der Waals surface area (Å²) in [5.74, 6) is -3.17. The number of likely N-dealkylation sites (tertiary alicyclic amines) is 1. The Morgan fingerprint density at radius 3 is 2.27 bits per heavy atom. The summed E-state index contributed by atoms with van der Waals surface area (Å²) in [6.45, 7) is 1.01. The van der Waals surface area contributed by atoms with E-state index in [4.69, 9.17) is 9.47 Å². The minimum absolute atomic E-state index is 0.0750. The molecular formula is C25H26F2N2O4. The van der Waals surface area contributed by atoms with Crippen LogP contribution in [0.1, 0.15) is 36.3 Å². The summed E-state index contributed by atoms with van der Waals surface area (Å²) in [4.78, 5) is 28.3. The first kappa shape index (κ1) is 21.8. The van der Waals surface area contributed by atoms with Crippen molar-refractivity contribution in [3.63, 3.8) is 0 Å². The molecule has 0 unspecified atom stereocenters. The molecule has 0 N–H and O–H groups in total. The summed E-state index contributed by atoms with van der Waals surface area (Å²) in [5, 5.41) is 0. The summed E-state index contributed by atoms with van der Waals surface area (Å²) >= 11 is 0. The van der Waals surface area contributed by atoms with E-state index in [1.165, 1.54) is 4.90 Å². The summed E-state index contributed by atoms with van der Waals surface area (Å²) in [7, 11) is 0. The van der Waals surface area contributed by atoms with Crippen molar-refractivity contribution in [1.82, 2.24) is 9.80 Å². The van der Waals surface area contributed by atoms with Crippen LogP contribution in [0.2, 0.25) is 0 Å². The number of halogens is 2. The van der Waals surface area contributed by atoms with Crippen LogP contribution in [0.4, 0.5) is 13.6 Å². The molecule has 0 aromatic heterocycles. The van der Waals surface area contributed by atoms with Crippen LogP contribution in [0.5, 0.6) is 0 Å². The first-order valence-corrected chi connectivity index (χ1v) is 11.3. The second-order valence-corrected chi connectivity index (χ2v) is 8.87. The van der Waals surface area contributed by atoms with Gasteiger partial charge in [0, 0.05) is 38.4 Å². The van der Waals surface area contributed by atoms with E-state index >= 15 is 0 Å². The smallest absolute Gasteiger partial charge is 0.413 e. The Labute approximate surface area is 191 Å². The predicted octanol–water partition coefficient (Wildman–Crippen LogP) is 4.24. The molecule has 2 saturated heterocycles. The summed E-state index contributed by atoms with van der Waals surface area (Å²) in [5.41, 5.74) is 4.50. The van der Waals surface area contributed by atoms with E-state index < -0.39 is 24.0 Å². The zero-order chi connectivity index (χ0) is 23.0. The third-order valence-corrected chi connectivity index (χ3v) is 6.87. The number of rotatable bonds is 5. The molecule has 0 bridgehead atoms. The Hall–Kier alpha value is -3.00. The van der Waals surface area contributed by atoms with Gasteiger partial charge in [-0.25, -0.2) is 18.4 Å². The molecule has 2 aliphatic heterocycles. The molecule has 1 amide bonds. The molecule has 2 aromatic rings. The van der Waals surface area contributed by atoms with Gasteiger partial charge in [-0.05, 0) is 28.7 Å². The number of alkyl halides is 2. The number of piperidine rings is 1. The lowest BCUT2D eigenvalue weighted by Gasteiger charge is -2.32. The molecule has 1 aliphatic carbocycles. The number of benzene rings is 2. The standard InChI is InChI=1S/C25H26F2N2O4/c26-25(27)10-13-28(14-11-25)12-9-22-23(30)33-16-29(22)24(31)32-15-21-19-7-3-1-5-17(19)18-6-2-4-8-20(18)21/h1-8,21-22H,9-16H2/t22-/m0/s1. The average molecular weight is 456 g/mol. The fraction of sp³-hybridized carbons (Fsp3) is 0.440. The molecule has 2 aromatic carbocycles. The molecule has 2 heterocycles. The van der Waals surface area contributed by atoms with Gasteiger partial charge in [0.2, 0.25) is 0 Å². The summed E-state index contributed by atoms with van der Waals surface area (Å²) in [6.07, 6.45) is -0.636. The fourth-order valence-corrected chi connectivity index (χ4v) is 4.99. The van der Waals surface area contributed by atoms with Gasteiger partial charge < -0.3 is 14.4 Å². The molecular weight excluding hydrogens is 430 g/mol. The average Bonchev–Trinajstić information content (AvgIpc) is 3.34. The van der Waals surface area contributed by atoms with Gasteiger partial charge in [0.05, 0.1) is 0 Å². The van der Waals surface area contributed by atoms with Crippen molar-refractivity contribution in [1.29, 1.82) is 0 Å². The number of fused-ring (bicyclic) bond motifs is 3. The van der Waals surface area contributed by atoms with Crippen molar-refractivity contribution < 1.29 is 27.8 Å². The van der Waals surface area contributed by atoms with E-state index in [-0.39, 0.29) is 45.2 Å². The van der Waals surface area contributed by atoms with Gasteiger partial charge in [0.1, 0.15) is 12.6 Å². The SMILES string of the molecule is O=C1OCN(C(=O)OCC2c3ccccc3-c3ccccc32)[C@H]1CCN1CCC(F)(F)CC1. The Balaban J connectivity index is 1.21. The quantitative estimate of drug-likeness (QED) is 0.630. The summed E-state index contributed by atoms with van der Waals surface area (Å²) < 4.78 is 37.5. The largest absolute Gasteiger partial charge is 0.448 e. The lowest BCUT2D eigenvalue weighted by molar-refractivity contribution is -0.139. The molecule has 0 spiro atoms. The minimum atomic E-state index is -2.61. The van der Waals surface area contributed by atoms with Crippen molar-refractivity contribution in [3.8, 4) is 11.1 Å². The van der Waals surface area contributed by atoms with Crippen molar-refractivity contribution in [2.75, 3.05) is 33.0 Å². The third kappa shape index (κ3) is 4.31. The van der Waals surface area contributed by atoms with Gasteiger partial charge in [-0.1, -0.05) is 48.5 Å². The fourth-order valence-electron chi connectivity index (χ4n) is 4.99. The second kappa shape index (κ2) is 8.74. The number of ether oxygens (including phenoxy) is 2. The molecule has 8 heteroatoms. The number of carbonyl (C=O) groups excluding carboxylic acids is 2. The van der Waals surface area contributed by atoms with Crippen molar-refractivity contribution in [2.45, 2.75) is 37.1 Å². The topological polar surface area (TPSA) is 59.1 Å². The molecule has 0 radical (unpaired) electrons. The molecule has 2 fully saturated rings. The van der Waals surface area contributed by atoms with Gasteiger partial charge in [-0.3, -0.25) is 4.90 Å². The van der Waals surface area contributed by atoms with E-state index in [0.29, 0.717) is 13.0 Å². The molecule has 5 rings (SSSR count). The number of hydrogen-bond donors (Lipinski definition) is 0. The zero-order valence-electron chi connectivity index (χ0n) is 18.2. The first-order chi connectivity index (χ1) is 15.9. The van der Waals surface area contributed by atoms with Crippen LogP contribution in [-0.4, -0.2) is 66.8 Å². The number of hydrogen-bond acceptors (Lipinski definition) is 5. The number of amides is 1. The lowest BCUT2D eigenvalue weighted by Crippen LogP contribution is -2.44. The van der Waals surface area contributed by atoms with Gasteiger partial charge in [0.25, 0.3) is 5.92 Å². The molecule has 3 aliphatic rings. The van der Waals surface area contributed by atoms with Crippen LogP contribution in [0.15, 0.2) is 48.5 Å². The van der Waals surface area contributed by atoms with Gasteiger partial charge in [-0.2, -0.15) is 0 Å². The highest BCUT2D eigenvalue weighted by Crippen LogP contribution is 2.44. The third-order valence-electron chi connectivity index (χ3n) is 6.87. The first-order valence-electron chi connectivity index (χ1n) is 11.3. The number of nitrogens with zero attached hydrogens (tertiary/aromatic N) is 2. The van der Waals surface area contributed by atoms with Crippen molar-refractivity contribution in [2.24, 2.45) is 0 Å². The minimum Gasteiger partial charge on any atom is -0.448 e. The van der Waals surface area contributed by atoms with Crippen LogP contribution in [0, 0.1) is 0 Å². The second-order valence-electron chi connectivity index (χ2n) is 8.87. The van der Waals surface area contributed by atoms with Crippen LogP contribution in [0.25, 0.3) is 11.1 Å². The molecule has 0 saturated carbocycles. The molecule has 174 valence electrons. The van der Waals surface area contributed by atoms with Gasteiger partial charge >= 0.3 is 12.1 Å². The molecule has 1 atom stereocenters. The number of cyclic esters (lactones) is 1. The predicted molar refractivity (Wildman–Crippen MR) is 117 cm³/mol. The zero-order valence-corrected chi connectivity index (χ0v) is 18.2. The van der Waals surface area contributed by atoms with Crippen molar-refractivity contribution >= 4 is 12.1 Å². The van der Waals surface area contributed by atoms with E-state index in [9.17, 15) is 18.4 Å². The molecule has 6 nitrogen and oxygen atoms in total. The monoisotopic (exact) mass is 456 g/mol. The maximum atomic E-state index is 13.4. The van der Waals surface area contributed by atoms with Crippen LogP contribution in [-0.2, 0) is 14.3 Å². The van der Waals surface area contributed by atoms with E-state index in [0.717, 1.165) is 22.3 Å². The Morgan fingerprint density at radius 2 is 1.64 bits per heavy atom. The maximum absolute atomic E-state index is 13.4. The number of esters is 1. The van der Waals surface area contributed by atoms with E-state index in [1.54, 1.807) is 0 Å². The lowest BCUT2D eigenvalue weighted by atomic mass is 9.98. The van der Waals surface area contributed by atoms with Gasteiger partial charge in [0.15, 0.2) is 6.73 Å². The summed E-state index contributed by atoms with van der Waals surface area (Å²) in [6, 6.07) is 15.4. The van der Waals surface area contributed by atoms with Crippen molar-refractivity contribution in [3.05, 3.63) is 59.7 Å². The van der Waals surface area contributed by atoms with Crippen LogP contribution < -0.4 is 0 Å². The molecule has 33 heavy (non-hydrogen) atoms. The van der Waals surface area contributed by atoms with Crippen LogP contribution >= 0.6 is 0 Å². The Morgan fingerprint density at radius 1 is 1.03 bits per heavy atom. The number of carbonyl (C=O) groups is 2. The normalized spacial score (nSPS) is 22.1. The Kier molecular flexibility index (Phi) is 5.78. The van der Waals surface area contributed by atoms with Gasteiger partial charge in [-0.15, -0.1) is 0 Å².